The Morgan fingerprint density at radius 2 is 2.26 bits per heavy atom. The van der Waals surface area contributed by atoms with Crippen molar-refractivity contribution in [2.45, 2.75) is 44.2 Å². The van der Waals surface area contributed by atoms with Crippen LogP contribution < -0.4 is 4.90 Å². The third-order valence-electron chi connectivity index (χ3n) is 4.71. The Labute approximate surface area is 135 Å². The predicted molar refractivity (Wildman–Crippen MR) is 85.0 cm³/mol. The Morgan fingerprint density at radius 1 is 1.35 bits per heavy atom. The molecule has 0 spiro atoms. The molecule has 2 aliphatic rings. The van der Waals surface area contributed by atoms with Crippen LogP contribution in [0.5, 0.6) is 0 Å². The molecule has 3 heterocycles. The van der Waals surface area contributed by atoms with Crippen LogP contribution in [0.15, 0.2) is 22.9 Å². The summed E-state index contributed by atoms with van der Waals surface area (Å²) in [6.45, 7) is 2.70. The molecule has 1 saturated carbocycles. The van der Waals surface area contributed by atoms with Gasteiger partial charge in [0.15, 0.2) is 11.6 Å². The minimum Gasteiger partial charge on any atom is -0.354 e. The third kappa shape index (κ3) is 3.34. The molecule has 122 valence electrons. The van der Waals surface area contributed by atoms with Crippen molar-refractivity contribution >= 4 is 5.82 Å². The first-order valence-corrected chi connectivity index (χ1v) is 8.35. The van der Waals surface area contributed by atoms with E-state index in [1.165, 1.54) is 19.3 Å². The monoisotopic (exact) mass is 314 g/mol. The van der Waals surface area contributed by atoms with Gasteiger partial charge in [-0.15, -0.1) is 5.10 Å². The minimum absolute atomic E-state index is 0.460. The number of nitrogens with zero attached hydrogens (tertiary/aromatic N) is 6. The van der Waals surface area contributed by atoms with Gasteiger partial charge in [-0.3, -0.25) is 4.90 Å². The van der Waals surface area contributed by atoms with Crippen LogP contribution in [-0.4, -0.2) is 51.4 Å². The number of piperidine rings is 1. The fourth-order valence-corrected chi connectivity index (χ4v) is 3.17. The molecule has 2 aromatic rings. The zero-order valence-electron chi connectivity index (χ0n) is 13.4. The molecule has 0 radical (unpaired) electrons. The van der Waals surface area contributed by atoms with E-state index in [1.807, 2.05) is 12.1 Å². The van der Waals surface area contributed by atoms with Crippen LogP contribution in [0.2, 0.25) is 0 Å². The highest BCUT2D eigenvalue weighted by molar-refractivity contribution is 5.37. The molecule has 2 aromatic heterocycles. The molecule has 0 aromatic carbocycles. The van der Waals surface area contributed by atoms with Crippen LogP contribution in [0.4, 0.5) is 5.82 Å². The molecule has 1 atom stereocenters. The molecule has 4 rings (SSSR count). The number of likely N-dealkylation sites (N-methyl/N-ethyl adjacent to an activating group) is 1. The Kier molecular flexibility index (Phi) is 3.95. The van der Waals surface area contributed by atoms with Crippen LogP contribution in [-0.2, 0) is 6.54 Å². The molecule has 7 heteroatoms. The molecule has 1 aliphatic carbocycles. The molecule has 7 nitrogen and oxygen atoms in total. The topological polar surface area (TPSA) is 71.2 Å². The molecule has 1 aliphatic heterocycles. The summed E-state index contributed by atoms with van der Waals surface area (Å²) in [5.74, 6) is 3.11. The highest BCUT2D eigenvalue weighted by Gasteiger charge is 2.30. The van der Waals surface area contributed by atoms with Gasteiger partial charge in [-0.1, -0.05) is 5.16 Å². The SMILES string of the molecule is CN(Cc1nc(C2CC2)no1)[C@@H]1CCCN(c2cccnn2)C1. The zero-order chi connectivity index (χ0) is 15.6. The molecule has 1 saturated heterocycles. The minimum atomic E-state index is 0.460. The normalized spacial score (nSPS) is 21.8. The Balaban J connectivity index is 1.38. The van der Waals surface area contributed by atoms with Gasteiger partial charge in [-0.25, -0.2) is 0 Å². The van der Waals surface area contributed by atoms with Crippen molar-refractivity contribution in [3.63, 3.8) is 0 Å². The van der Waals surface area contributed by atoms with Gasteiger partial charge in [0.05, 0.1) is 6.54 Å². The van der Waals surface area contributed by atoms with Gasteiger partial charge in [0.2, 0.25) is 5.89 Å². The van der Waals surface area contributed by atoms with Crippen molar-refractivity contribution in [3.8, 4) is 0 Å². The molecular formula is C16H22N6O. The highest BCUT2D eigenvalue weighted by Crippen LogP contribution is 2.38. The summed E-state index contributed by atoms with van der Waals surface area (Å²) in [5.41, 5.74) is 0. The van der Waals surface area contributed by atoms with Crippen molar-refractivity contribution in [2.75, 3.05) is 25.0 Å². The predicted octanol–water partition coefficient (Wildman–Crippen LogP) is 1.84. The van der Waals surface area contributed by atoms with Crippen LogP contribution in [0.1, 0.15) is 43.3 Å². The fourth-order valence-electron chi connectivity index (χ4n) is 3.17. The quantitative estimate of drug-likeness (QED) is 0.834. The summed E-state index contributed by atoms with van der Waals surface area (Å²) in [5, 5.41) is 12.3. The van der Waals surface area contributed by atoms with Gasteiger partial charge < -0.3 is 9.42 Å². The highest BCUT2D eigenvalue weighted by atomic mass is 16.5. The van der Waals surface area contributed by atoms with Gasteiger partial charge in [-0.05, 0) is 44.9 Å². The second kappa shape index (κ2) is 6.23. The lowest BCUT2D eigenvalue weighted by Gasteiger charge is -2.37. The molecular weight excluding hydrogens is 292 g/mol. The van der Waals surface area contributed by atoms with E-state index in [-0.39, 0.29) is 0 Å². The van der Waals surface area contributed by atoms with Crippen LogP contribution in [0.3, 0.4) is 0 Å². The summed E-state index contributed by atoms with van der Waals surface area (Å²) in [4.78, 5) is 9.15. The molecule has 0 amide bonds. The van der Waals surface area contributed by atoms with Gasteiger partial charge in [-0.2, -0.15) is 10.1 Å². The number of anilines is 1. The first-order chi connectivity index (χ1) is 11.3. The van der Waals surface area contributed by atoms with Crippen molar-refractivity contribution in [1.29, 1.82) is 0 Å². The second-order valence-electron chi connectivity index (χ2n) is 6.56. The number of hydrogen-bond acceptors (Lipinski definition) is 7. The molecule has 0 unspecified atom stereocenters. The van der Waals surface area contributed by atoms with E-state index in [0.29, 0.717) is 18.5 Å². The Morgan fingerprint density at radius 3 is 3.04 bits per heavy atom. The standard InChI is InChI=1S/C16H22N6O/c1-21(11-15-18-16(20-23-15)12-6-7-12)13-4-3-9-22(10-13)14-5-2-8-17-19-14/h2,5,8,12-13H,3-4,6-7,9-11H2,1H3/t13-/m1/s1. The van der Waals surface area contributed by atoms with Crippen LogP contribution in [0, 0.1) is 0 Å². The van der Waals surface area contributed by atoms with Crippen molar-refractivity contribution < 1.29 is 4.52 Å². The van der Waals surface area contributed by atoms with Crippen molar-refractivity contribution in [3.05, 3.63) is 30.0 Å². The van der Waals surface area contributed by atoms with E-state index in [1.54, 1.807) is 6.20 Å². The van der Waals surface area contributed by atoms with E-state index in [2.05, 4.69) is 37.2 Å². The van der Waals surface area contributed by atoms with Crippen molar-refractivity contribution in [1.82, 2.24) is 25.2 Å². The largest absolute Gasteiger partial charge is 0.354 e. The smallest absolute Gasteiger partial charge is 0.240 e. The zero-order valence-corrected chi connectivity index (χ0v) is 13.4. The number of rotatable bonds is 5. The maximum Gasteiger partial charge on any atom is 0.240 e. The summed E-state index contributed by atoms with van der Waals surface area (Å²) in [6, 6.07) is 4.42. The summed E-state index contributed by atoms with van der Waals surface area (Å²) in [7, 11) is 2.13. The van der Waals surface area contributed by atoms with Crippen molar-refractivity contribution in [2.24, 2.45) is 0 Å². The lowest BCUT2D eigenvalue weighted by atomic mass is 10.0. The Bertz CT molecular complexity index is 641. The van der Waals surface area contributed by atoms with Gasteiger partial charge in [0.25, 0.3) is 0 Å². The number of hydrogen-bond donors (Lipinski definition) is 0. The third-order valence-corrected chi connectivity index (χ3v) is 4.71. The van der Waals surface area contributed by atoms with Gasteiger partial charge in [0, 0.05) is 31.2 Å². The van der Waals surface area contributed by atoms with E-state index in [9.17, 15) is 0 Å². The summed E-state index contributed by atoms with van der Waals surface area (Å²) in [6.07, 6.45) is 6.44. The van der Waals surface area contributed by atoms with Gasteiger partial charge >= 0.3 is 0 Å². The summed E-state index contributed by atoms with van der Waals surface area (Å²) < 4.78 is 5.40. The van der Waals surface area contributed by atoms with E-state index in [0.717, 1.165) is 37.0 Å². The lowest BCUT2D eigenvalue weighted by molar-refractivity contribution is 0.183. The Hall–Kier alpha value is -2.02. The van der Waals surface area contributed by atoms with E-state index in [4.69, 9.17) is 4.52 Å². The average Bonchev–Trinajstić information content (AvgIpc) is 3.36. The average molecular weight is 314 g/mol. The maximum absolute atomic E-state index is 5.40. The molecule has 2 fully saturated rings. The fraction of sp³-hybridized carbons (Fsp3) is 0.625. The van der Waals surface area contributed by atoms with Crippen LogP contribution >= 0.6 is 0 Å². The summed E-state index contributed by atoms with van der Waals surface area (Å²) >= 11 is 0. The first kappa shape index (κ1) is 14.6. The van der Waals surface area contributed by atoms with Gasteiger partial charge in [0.1, 0.15) is 0 Å². The maximum atomic E-state index is 5.40. The van der Waals surface area contributed by atoms with E-state index < -0.39 is 0 Å². The molecule has 0 bridgehead atoms. The molecule has 0 N–H and O–H groups in total. The van der Waals surface area contributed by atoms with E-state index >= 15 is 0 Å². The second-order valence-corrected chi connectivity index (χ2v) is 6.56. The number of aromatic nitrogens is 4. The first-order valence-electron chi connectivity index (χ1n) is 8.35. The molecule has 23 heavy (non-hydrogen) atoms. The lowest BCUT2D eigenvalue weighted by Crippen LogP contribution is -2.46. The van der Waals surface area contributed by atoms with Crippen LogP contribution in [0.25, 0.3) is 0 Å².